The molecule has 0 spiro atoms. The fraction of sp³-hybridized carbons (Fsp3) is 0.400. The summed E-state index contributed by atoms with van der Waals surface area (Å²) in [5.41, 5.74) is 7.31. The summed E-state index contributed by atoms with van der Waals surface area (Å²) in [5, 5.41) is 10.7. The van der Waals surface area contributed by atoms with E-state index in [2.05, 4.69) is 0 Å². The summed E-state index contributed by atoms with van der Waals surface area (Å²) in [6.45, 7) is 2.27. The third-order valence-corrected chi connectivity index (χ3v) is 2.17. The Morgan fingerprint density at radius 2 is 2.21 bits per heavy atom. The normalized spacial score (nSPS) is 10.1. The first-order valence-corrected chi connectivity index (χ1v) is 4.66. The van der Waals surface area contributed by atoms with E-state index in [1.54, 1.807) is 6.07 Å². The Bertz CT molecular complexity index is 337. The molecule has 4 nitrogen and oxygen atoms in total. The van der Waals surface area contributed by atoms with Crippen LogP contribution in [0.15, 0.2) is 18.2 Å². The molecular weight excluding hydrogens is 180 g/mol. The minimum Gasteiger partial charge on any atom is -0.326 e. The summed E-state index contributed by atoms with van der Waals surface area (Å²) in [6.07, 6.45) is 1.81. The van der Waals surface area contributed by atoms with Crippen LogP contribution in [0, 0.1) is 10.1 Å². The highest BCUT2D eigenvalue weighted by Crippen LogP contribution is 2.22. The Hall–Kier alpha value is -1.42. The zero-order valence-corrected chi connectivity index (χ0v) is 8.19. The molecule has 0 heterocycles. The molecule has 0 saturated heterocycles. The molecule has 0 amide bonds. The van der Waals surface area contributed by atoms with Gasteiger partial charge in [-0.25, -0.2) is 0 Å². The monoisotopic (exact) mass is 194 g/mol. The van der Waals surface area contributed by atoms with Gasteiger partial charge in [0.2, 0.25) is 0 Å². The average molecular weight is 194 g/mol. The van der Waals surface area contributed by atoms with Crippen molar-refractivity contribution in [3.63, 3.8) is 0 Å². The van der Waals surface area contributed by atoms with Crippen LogP contribution in [0.1, 0.15) is 24.5 Å². The molecule has 4 heteroatoms. The largest absolute Gasteiger partial charge is 0.326 e. The van der Waals surface area contributed by atoms with Crippen LogP contribution in [0.2, 0.25) is 0 Å². The van der Waals surface area contributed by atoms with Crippen LogP contribution in [0.25, 0.3) is 0 Å². The van der Waals surface area contributed by atoms with Crippen molar-refractivity contribution >= 4 is 5.69 Å². The van der Waals surface area contributed by atoms with Gasteiger partial charge in [-0.2, -0.15) is 0 Å². The van der Waals surface area contributed by atoms with Crippen molar-refractivity contribution in [2.75, 3.05) is 0 Å². The van der Waals surface area contributed by atoms with Crippen LogP contribution in [-0.4, -0.2) is 4.92 Å². The highest BCUT2D eigenvalue weighted by molar-refractivity contribution is 5.45. The van der Waals surface area contributed by atoms with Crippen molar-refractivity contribution in [1.82, 2.24) is 0 Å². The smallest absolute Gasteiger partial charge is 0.274 e. The molecule has 0 atom stereocenters. The Kier molecular flexibility index (Phi) is 3.59. The summed E-state index contributed by atoms with van der Waals surface area (Å²) in [7, 11) is 0. The number of nitro groups is 1. The van der Waals surface area contributed by atoms with Crippen LogP contribution >= 0.6 is 0 Å². The summed E-state index contributed by atoms with van der Waals surface area (Å²) >= 11 is 0. The quantitative estimate of drug-likeness (QED) is 0.588. The van der Waals surface area contributed by atoms with E-state index in [0.717, 1.165) is 18.4 Å². The van der Waals surface area contributed by atoms with Crippen molar-refractivity contribution < 1.29 is 4.92 Å². The highest BCUT2D eigenvalue weighted by Gasteiger charge is 2.14. The fourth-order valence-electron chi connectivity index (χ4n) is 1.53. The van der Waals surface area contributed by atoms with E-state index in [1.807, 2.05) is 13.0 Å². The fourth-order valence-corrected chi connectivity index (χ4v) is 1.53. The van der Waals surface area contributed by atoms with Gasteiger partial charge in [0, 0.05) is 18.2 Å². The maximum Gasteiger partial charge on any atom is 0.274 e. The molecule has 0 bridgehead atoms. The summed E-state index contributed by atoms with van der Waals surface area (Å²) in [4.78, 5) is 10.3. The highest BCUT2D eigenvalue weighted by atomic mass is 16.6. The predicted molar refractivity (Wildman–Crippen MR) is 55.0 cm³/mol. The molecular formula is C10H14N2O2. The molecule has 0 aliphatic rings. The molecule has 0 saturated carbocycles. The summed E-state index contributed by atoms with van der Waals surface area (Å²) in [5.74, 6) is 0. The molecule has 0 fully saturated rings. The number of hydrogen-bond acceptors (Lipinski definition) is 3. The number of nitrogens with zero attached hydrogens (tertiary/aromatic N) is 1. The molecule has 1 aromatic carbocycles. The molecule has 76 valence electrons. The van der Waals surface area contributed by atoms with Crippen LogP contribution in [0.3, 0.4) is 0 Å². The second-order valence-corrected chi connectivity index (χ2v) is 3.13. The second-order valence-electron chi connectivity index (χ2n) is 3.13. The van der Waals surface area contributed by atoms with Gasteiger partial charge in [-0.1, -0.05) is 25.5 Å². The molecule has 0 radical (unpaired) electrons. The summed E-state index contributed by atoms with van der Waals surface area (Å²) in [6, 6.07) is 5.11. The molecule has 1 rings (SSSR count). The van der Waals surface area contributed by atoms with E-state index >= 15 is 0 Å². The standard InChI is InChI=1S/C10H14N2O2/c1-2-4-8-5-3-6-10(12(13)14)9(8)7-11/h3,5-6H,2,4,7,11H2,1H3. The van der Waals surface area contributed by atoms with Gasteiger partial charge in [0.25, 0.3) is 5.69 Å². The summed E-state index contributed by atoms with van der Waals surface area (Å²) < 4.78 is 0. The van der Waals surface area contributed by atoms with Gasteiger partial charge in [-0.05, 0) is 12.0 Å². The van der Waals surface area contributed by atoms with Gasteiger partial charge in [0.1, 0.15) is 0 Å². The number of hydrogen-bond donors (Lipinski definition) is 1. The number of nitrogens with two attached hydrogens (primary N) is 1. The lowest BCUT2D eigenvalue weighted by molar-refractivity contribution is -0.385. The van der Waals surface area contributed by atoms with Gasteiger partial charge in [0.15, 0.2) is 0 Å². The third kappa shape index (κ3) is 2.09. The number of rotatable bonds is 4. The first-order valence-electron chi connectivity index (χ1n) is 4.66. The minimum absolute atomic E-state index is 0.137. The zero-order chi connectivity index (χ0) is 10.6. The van der Waals surface area contributed by atoms with E-state index in [9.17, 15) is 10.1 Å². The number of nitro benzene ring substituents is 1. The Labute approximate surface area is 82.9 Å². The van der Waals surface area contributed by atoms with Gasteiger partial charge >= 0.3 is 0 Å². The first kappa shape index (κ1) is 10.7. The van der Waals surface area contributed by atoms with Crippen molar-refractivity contribution in [1.29, 1.82) is 0 Å². The maximum atomic E-state index is 10.7. The Morgan fingerprint density at radius 1 is 1.50 bits per heavy atom. The molecule has 0 aliphatic heterocycles. The van der Waals surface area contributed by atoms with Crippen LogP contribution in [0.5, 0.6) is 0 Å². The van der Waals surface area contributed by atoms with E-state index in [1.165, 1.54) is 6.07 Å². The van der Waals surface area contributed by atoms with Gasteiger partial charge < -0.3 is 5.73 Å². The van der Waals surface area contributed by atoms with Gasteiger partial charge in [0.05, 0.1) is 4.92 Å². The zero-order valence-electron chi connectivity index (χ0n) is 8.19. The third-order valence-electron chi connectivity index (χ3n) is 2.17. The number of benzene rings is 1. The van der Waals surface area contributed by atoms with Crippen molar-refractivity contribution in [3.05, 3.63) is 39.4 Å². The molecule has 1 aromatic rings. The lowest BCUT2D eigenvalue weighted by Gasteiger charge is -2.06. The van der Waals surface area contributed by atoms with Gasteiger partial charge in [-0.3, -0.25) is 10.1 Å². The molecule has 0 aliphatic carbocycles. The van der Waals surface area contributed by atoms with Crippen molar-refractivity contribution in [2.24, 2.45) is 5.73 Å². The number of aryl methyl sites for hydroxylation is 1. The average Bonchev–Trinajstić information content (AvgIpc) is 2.18. The predicted octanol–water partition coefficient (Wildman–Crippen LogP) is 2.01. The van der Waals surface area contributed by atoms with Crippen molar-refractivity contribution in [3.8, 4) is 0 Å². The van der Waals surface area contributed by atoms with Gasteiger partial charge in [-0.15, -0.1) is 0 Å². The van der Waals surface area contributed by atoms with E-state index in [4.69, 9.17) is 5.73 Å². The Morgan fingerprint density at radius 3 is 2.71 bits per heavy atom. The van der Waals surface area contributed by atoms with E-state index < -0.39 is 0 Å². The topological polar surface area (TPSA) is 69.2 Å². The van der Waals surface area contributed by atoms with E-state index in [-0.39, 0.29) is 17.2 Å². The van der Waals surface area contributed by atoms with Crippen LogP contribution in [-0.2, 0) is 13.0 Å². The van der Waals surface area contributed by atoms with Crippen LogP contribution in [0.4, 0.5) is 5.69 Å². The lowest BCUT2D eigenvalue weighted by Crippen LogP contribution is -2.05. The molecule has 0 aromatic heterocycles. The lowest BCUT2D eigenvalue weighted by atomic mass is 10.0. The maximum absolute atomic E-state index is 10.7. The minimum atomic E-state index is -0.374. The molecule has 2 N–H and O–H groups in total. The van der Waals surface area contributed by atoms with E-state index in [0.29, 0.717) is 5.56 Å². The first-order chi connectivity index (χ1) is 6.70. The van der Waals surface area contributed by atoms with Crippen molar-refractivity contribution in [2.45, 2.75) is 26.3 Å². The molecule has 14 heavy (non-hydrogen) atoms. The molecule has 0 unspecified atom stereocenters. The van der Waals surface area contributed by atoms with Crippen LogP contribution < -0.4 is 5.73 Å². The second kappa shape index (κ2) is 4.72. The SMILES string of the molecule is CCCc1cccc([N+](=O)[O-])c1CN. The Balaban J connectivity index is 3.17.